The molecule has 0 aliphatic rings. The Morgan fingerprint density at radius 3 is 1.45 bits per heavy atom. The lowest BCUT2D eigenvalue weighted by Gasteiger charge is -2.24. The van der Waals surface area contributed by atoms with Crippen LogP contribution in [0.5, 0.6) is 0 Å². The first-order chi connectivity index (χ1) is 28.5. The molecule has 3 atom stereocenters. The van der Waals surface area contributed by atoms with Crippen LogP contribution in [0.4, 0.5) is 0 Å². The lowest BCUT2D eigenvalue weighted by atomic mass is 10.0. The molecule has 0 aromatic heterocycles. The Labute approximate surface area is 358 Å². The second-order valence-electron chi connectivity index (χ2n) is 16.1. The molecule has 0 aliphatic heterocycles. The molecule has 6 nitrogen and oxygen atoms in total. The Bertz CT molecular complexity index is 1090. The van der Waals surface area contributed by atoms with Gasteiger partial charge in [-0.05, 0) is 77.0 Å². The van der Waals surface area contributed by atoms with Crippen LogP contribution in [0.2, 0.25) is 0 Å². The second kappa shape index (κ2) is 45.4. The van der Waals surface area contributed by atoms with Gasteiger partial charge in [0.15, 0.2) is 0 Å². The number of carbonyl (C=O) groups is 2. The van der Waals surface area contributed by atoms with Crippen molar-refractivity contribution in [3.8, 4) is 0 Å². The first-order valence-corrected chi connectivity index (χ1v) is 24.2. The number of hydrogen-bond donors (Lipinski definition) is 3. The molecule has 3 unspecified atom stereocenters. The minimum absolute atomic E-state index is 0.0149. The van der Waals surface area contributed by atoms with Gasteiger partial charge in [0.05, 0.1) is 25.2 Å². The smallest absolute Gasteiger partial charge is 0.306 e. The van der Waals surface area contributed by atoms with E-state index in [1.165, 1.54) is 96.3 Å². The van der Waals surface area contributed by atoms with Crippen LogP contribution in [-0.2, 0) is 14.3 Å². The Morgan fingerprint density at radius 2 is 0.948 bits per heavy atom. The monoisotopic (exact) mass is 810 g/mol. The van der Waals surface area contributed by atoms with Crippen LogP contribution < -0.4 is 5.32 Å². The van der Waals surface area contributed by atoms with Gasteiger partial charge in [-0.1, -0.05) is 203 Å². The van der Waals surface area contributed by atoms with Gasteiger partial charge in [-0.25, -0.2) is 0 Å². The highest BCUT2D eigenvalue weighted by atomic mass is 16.5. The lowest BCUT2D eigenvalue weighted by molar-refractivity contribution is -0.150. The lowest BCUT2D eigenvalue weighted by Crippen LogP contribution is -2.46. The number of carbonyl (C=O) groups excluding carboxylic acids is 2. The van der Waals surface area contributed by atoms with Gasteiger partial charge < -0.3 is 20.3 Å². The zero-order chi connectivity index (χ0) is 42.4. The zero-order valence-corrected chi connectivity index (χ0v) is 37.9. The predicted molar refractivity (Wildman–Crippen MR) is 250 cm³/mol. The van der Waals surface area contributed by atoms with Crippen LogP contribution in [0.3, 0.4) is 0 Å². The van der Waals surface area contributed by atoms with Crippen molar-refractivity contribution < 1.29 is 24.5 Å². The van der Waals surface area contributed by atoms with Crippen molar-refractivity contribution in [2.45, 2.75) is 238 Å². The van der Waals surface area contributed by atoms with E-state index in [0.29, 0.717) is 19.3 Å². The molecule has 334 valence electrons. The summed E-state index contributed by atoms with van der Waals surface area (Å²) >= 11 is 0. The van der Waals surface area contributed by atoms with E-state index in [9.17, 15) is 19.8 Å². The number of rotatable bonds is 42. The fraction of sp³-hybridized carbons (Fsp3) is 0.731. The largest absolute Gasteiger partial charge is 0.462 e. The number of hydrogen-bond acceptors (Lipinski definition) is 5. The molecule has 0 aromatic rings. The number of aliphatic hydroxyl groups is 2. The van der Waals surface area contributed by atoms with Crippen molar-refractivity contribution in [1.82, 2.24) is 5.32 Å². The van der Waals surface area contributed by atoms with Gasteiger partial charge in [0.2, 0.25) is 5.91 Å². The van der Waals surface area contributed by atoms with Gasteiger partial charge in [-0.2, -0.15) is 0 Å². The van der Waals surface area contributed by atoms with Crippen LogP contribution in [0.25, 0.3) is 0 Å². The van der Waals surface area contributed by atoms with Gasteiger partial charge in [0, 0.05) is 6.42 Å². The van der Waals surface area contributed by atoms with Gasteiger partial charge in [-0.15, -0.1) is 0 Å². The maximum atomic E-state index is 13.1. The highest BCUT2D eigenvalue weighted by Crippen LogP contribution is 2.16. The molecule has 0 radical (unpaired) electrons. The summed E-state index contributed by atoms with van der Waals surface area (Å²) in [6, 6.07) is -0.731. The van der Waals surface area contributed by atoms with E-state index in [1.54, 1.807) is 0 Å². The summed E-state index contributed by atoms with van der Waals surface area (Å²) in [5.41, 5.74) is 0. The molecule has 58 heavy (non-hydrogen) atoms. The van der Waals surface area contributed by atoms with Gasteiger partial charge in [0.1, 0.15) is 6.10 Å². The third-order valence-corrected chi connectivity index (χ3v) is 10.5. The quantitative estimate of drug-likeness (QED) is 0.0324. The van der Waals surface area contributed by atoms with Gasteiger partial charge >= 0.3 is 5.97 Å². The van der Waals surface area contributed by atoms with E-state index in [4.69, 9.17) is 4.74 Å². The maximum Gasteiger partial charge on any atom is 0.306 e. The normalized spacial score (nSPS) is 13.9. The first kappa shape index (κ1) is 55.3. The summed E-state index contributed by atoms with van der Waals surface area (Å²) in [4.78, 5) is 26.0. The summed E-state index contributed by atoms with van der Waals surface area (Å²) in [6.07, 6.45) is 56.9. The van der Waals surface area contributed by atoms with Crippen molar-refractivity contribution in [2.24, 2.45) is 0 Å². The molecular formula is C52H91NO5. The average Bonchev–Trinajstić information content (AvgIpc) is 3.22. The van der Waals surface area contributed by atoms with Gasteiger partial charge in [0.25, 0.3) is 0 Å². The number of ether oxygens (including phenoxy) is 1. The molecule has 0 bridgehead atoms. The topological polar surface area (TPSA) is 95.9 Å². The summed E-state index contributed by atoms with van der Waals surface area (Å²) in [5.74, 6) is -0.614. The summed E-state index contributed by atoms with van der Waals surface area (Å²) in [7, 11) is 0. The van der Waals surface area contributed by atoms with Crippen LogP contribution in [0, 0.1) is 0 Å². The van der Waals surface area contributed by atoms with E-state index in [0.717, 1.165) is 70.6 Å². The number of aliphatic hydroxyl groups excluding tert-OH is 2. The third kappa shape index (κ3) is 40.1. The standard InChI is InChI=1S/C52H91NO5/c1-4-7-10-13-16-19-22-25-27-28-31-34-37-40-43-48(58-52(57)45-42-39-36-33-30-26-23-20-17-14-11-8-5-2)46-51(56)53-49(47-54)50(55)44-41-38-35-32-29-24-21-18-15-12-9-6-3/h7,10,16,19,25-27,30-31,34,36,39,48-50,54-55H,4-6,8-9,11-15,17-18,20-24,28-29,32-33,35,37-38,40-47H2,1-3H3,(H,53,56)/b10-7+,19-16+,27-25+,30-26-,34-31+,39-36+. The van der Waals surface area contributed by atoms with Crippen molar-refractivity contribution in [3.05, 3.63) is 72.9 Å². The number of esters is 1. The van der Waals surface area contributed by atoms with E-state index in [-0.39, 0.29) is 31.3 Å². The van der Waals surface area contributed by atoms with Crippen molar-refractivity contribution in [1.29, 1.82) is 0 Å². The van der Waals surface area contributed by atoms with Crippen molar-refractivity contribution >= 4 is 11.9 Å². The van der Waals surface area contributed by atoms with E-state index in [1.807, 2.05) is 6.08 Å². The molecule has 0 rings (SSSR count). The number of nitrogens with one attached hydrogen (secondary N) is 1. The Kier molecular flexibility index (Phi) is 43.3. The highest BCUT2D eigenvalue weighted by molar-refractivity contribution is 5.77. The van der Waals surface area contributed by atoms with E-state index < -0.39 is 18.2 Å². The summed E-state index contributed by atoms with van der Waals surface area (Å²) in [5, 5.41) is 23.7. The fourth-order valence-corrected chi connectivity index (χ4v) is 6.89. The highest BCUT2D eigenvalue weighted by Gasteiger charge is 2.23. The SMILES string of the molecule is CC/C=C/C/C=C/C/C=C/C/C=C/CCCC(CC(=O)NC(CO)C(O)CCCCCCCCCCCCCC)OC(=O)CC/C=C/C/C=C\CCCCCCCC. The first-order valence-electron chi connectivity index (χ1n) is 24.2. The molecule has 0 saturated carbocycles. The molecular weight excluding hydrogens is 719 g/mol. The van der Waals surface area contributed by atoms with Gasteiger partial charge in [-0.3, -0.25) is 9.59 Å². The summed E-state index contributed by atoms with van der Waals surface area (Å²) in [6.45, 7) is 6.31. The number of allylic oxidation sites excluding steroid dienone is 12. The molecule has 0 aliphatic carbocycles. The predicted octanol–water partition coefficient (Wildman–Crippen LogP) is 14.2. The van der Waals surface area contributed by atoms with Crippen LogP contribution in [0.1, 0.15) is 220 Å². The molecule has 0 saturated heterocycles. The zero-order valence-electron chi connectivity index (χ0n) is 37.9. The van der Waals surface area contributed by atoms with Crippen molar-refractivity contribution in [2.75, 3.05) is 6.61 Å². The number of amides is 1. The molecule has 0 heterocycles. The second-order valence-corrected chi connectivity index (χ2v) is 16.1. The molecule has 0 spiro atoms. The van der Waals surface area contributed by atoms with E-state index in [2.05, 4.69) is 92.9 Å². The Hall–Kier alpha value is -2.70. The van der Waals surface area contributed by atoms with E-state index >= 15 is 0 Å². The number of unbranched alkanes of at least 4 members (excludes halogenated alkanes) is 18. The summed E-state index contributed by atoms with van der Waals surface area (Å²) < 4.78 is 5.85. The molecule has 1 amide bonds. The van der Waals surface area contributed by atoms with Crippen molar-refractivity contribution in [3.63, 3.8) is 0 Å². The Balaban J connectivity index is 4.77. The molecule has 3 N–H and O–H groups in total. The minimum atomic E-state index is -0.812. The minimum Gasteiger partial charge on any atom is -0.462 e. The fourth-order valence-electron chi connectivity index (χ4n) is 6.89. The van der Waals surface area contributed by atoms with Crippen LogP contribution in [-0.4, -0.2) is 46.9 Å². The maximum absolute atomic E-state index is 13.1. The molecule has 0 aromatic carbocycles. The third-order valence-electron chi connectivity index (χ3n) is 10.5. The van der Waals surface area contributed by atoms with Crippen LogP contribution in [0.15, 0.2) is 72.9 Å². The van der Waals surface area contributed by atoms with Crippen LogP contribution >= 0.6 is 0 Å². The molecule has 0 fully saturated rings. The molecule has 6 heteroatoms. The Morgan fingerprint density at radius 1 is 0.517 bits per heavy atom. The average molecular weight is 810 g/mol.